The van der Waals surface area contributed by atoms with Gasteiger partial charge in [0.05, 0.1) is 0 Å². The quantitative estimate of drug-likeness (QED) is 0.610. The van der Waals surface area contributed by atoms with E-state index in [0.29, 0.717) is 18.3 Å². The van der Waals surface area contributed by atoms with Crippen molar-refractivity contribution in [1.29, 1.82) is 0 Å². The first-order valence-electron chi connectivity index (χ1n) is 4.78. The fourth-order valence-electron chi connectivity index (χ4n) is 0.870. The molecule has 12 heavy (non-hydrogen) atoms. The molecule has 1 unspecified atom stereocenters. The SMILES string of the molecule is CC(C)CCSC(F)CC(C)C. The van der Waals surface area contributed by atoms with Gasteiger partial charge in [0.1, 0.15) is 5.50 Å². The van der Waals surface area contributed by atoms with Crippen LogP contribution in [0.15, 0.2) is 0 Å². The summed E-state index contributed by atoms with van der Waals surface area (Å²) in [7, 11) is 0. The van der Waals surface area contributed by atoms with E-state index < -0.39 is 5.50 Å². The van der Waals surface area contributed by atoms with Crippen molar-refractivity contribution in [2.75, 3.05) is 5.75 Å². The zero-order chi connectivity index (χ0) is 9.56. The second-order valence-corrected chi connectivity index (χ2v) is 5.35. The number of hydrogen-bond acceptors (Lipinski definition) is 1. The number of halogens is 1. The second-order valence-electron chi connectivity index (χ2n) is 4.09. The highest BCUT2D eigenvalue weighted by Crippen LogP contribution is 2.22. The van der Waals surface area contributed by atoms with Crippen LogP contribution in [0.2, 0.25) is 0 Å². The summed E-state index contributed by atoms with van der Waals surface area (Å²) in [6.07, 6.45) is 1.83. The summed E-state index contributed by atoms with van der Waals surface area (Å²) in [5.41, 5.74) is -0.649. The minimum atomic E-state index is -0.649. The van der Waals surface area contributed by atoms with Crippen molar-refractivity contribution in [3.63, 3.8) is 0 Å². The maximum absolute atomic E-state index is 13.1. The Kier molecular flexibility index (Phi) is 6.92. The van der Waals surface area contributed by atoms with Gasteiger partial charge in [-0.1, -0.05) is 27.7 Å². The van der Waals surface area contributed by atoms with E-state index in [1.54, 1.807) is 0 Å². The molecule has 0 aliphatic heterocycles. The van der Waals surface area contributed by atoms with Gasteiger partial charge in [0.25, 0.3) is 0 Å². The fraction of sp³-hybridized carbons (Fsp3) is 1.00. The molecule has 0 nitrogen and oxygen atoms in total. The minimum Gasteiger partial charge on any atom is -0.236 e. The van der Waals surface area contributed by atoms with Crippen LogP contribution in [-0.4, -0.2) is 11.3 Å². The maximum atomic E-state index is 13.1. The summed E-state index contributed by atoms with van der Waals surface area (Å²) in [5.74, 6) is 2.14. The molecule has 0 saturated carbocycles. The van der Waals surface area contributed by atoms with Gasteiger partial charge >= 0.3 is 0 Å². The minimum absolute atomic E-state index is 0.478. The Labute approximate surface area is 80.3 Å². The van der Waals surface area contributed by atoms with Crippen LogP contribution in [0.1, 0.15) is 40.5 Å². The molecule has 0 aliphatic carbocycles. The van der Waals surface area contributed by atoms with E-state index in [0.717, 1.165) is 12.2 Å². The molecule has 0 aromatic rings. The van der Waals surface area contributed by atoms with Gasteiger partial charge in [0, 0.05) is 0 Å². The summed E-state index contributed by atoms with van der Waals surface area (Å²) < 4.78 is 13.1. The van der Waals surface area contributed by atoms with Gasteiger partial charge < -0.3 is 0 Å². The van der Waals surface area contributed by atoms with Gasteiger partial charge in [0.15, 0.2) is 0 Å². The number of hydrogen-bond donors (Lipinski definition) is 0. The average molecular weight is 192 g/mol. The predicted octanol–water partition coefficient (Wildman–Crippen LogP) is 4.11. The Balaban J connectivity index is 3.25. The topological polar surface area (TPSA) is 0 Å². The molecule has 0 amide bonds. The van der Waals surface area contributed by atoms with Gasteiger partial charge in [-0.3, -0.25) is 0 Å². The lowest BCUT2D eigenvalue weighted by Gasteiger charge is -2.10. The standard InChI is InChI=1S/C10H21FS/c1-8(2)5-6-12-10(11)7-9(3)4/h8-10H,5-7H2,1-4H3. The molecule has 0 fully saturated rings. The van der Waals surface area contributed by atoms with Gasteiger partial charge in [-0.05, 0) is 30.4 Å². The zero-order valence-corrected chi connectivity index (χ0v) is 9.46. The van der Waals surface area contributed by atoms with E-state index in [2.05, 4.69) is 27.7 Å². The molecule has 0 heterocycles. The first-order valence-corrected chi connectivity index (χ1v) is 5.83. The molecule has 74 valence electrons. The van der Waals surface area contributed by atoms with E-state index in [1.807, 2.05) is 0 Å². The van der Waals surface area contributed by atoms with Gasteiger partial charge in [-0.25, -0.2) is 4.39 Å². The maximum Gasteiger partial charge on any atom is 0.146 e. The predicted molar refractivity (Wildman–Crippen MR) is 56.3 cm³/mol. The molecule has 0 aromatic heterocycles. The zero-order valence-electron chi connectivity index (χ0n) is 8.64. The van der Waals surface area contributed by atoms with Crippen molar-refractivity contribution in [3.8, 4) is 0 Å². The normalized spacial score (nSPS) is 14.2. The van der Waals surface area contributed by atoms with E-state index in [-0.39, 0.29) is 0 Å². The van der Waals surface area contributed by atoms with E-state index >= 15 is 0 Å². The molecule has 0 radical (unpaired) electrons. The molecule has 0 spiro atoms. The summed E-state index contributed by atoms with van der Waals surface area (Å²) in [6, 6.07) is 0. The van der Waals surface area contributed by atoms with Gasteiger partial charge in [-0.2, -0.15) is 0 Å². The average Bonchev–Trinajstić information content (AvgIpc) is 1.84. The van der Waals surface area contributed by atoms with E-state index in [9.17, 15) is 4.39 Å². The Morgan fingerprint density at radius 3 is 2.08 bits per heavy atom. The molecular weight excluding hydrogens is 171 g/mol. The van der Waals surface area contributed by atoms with Crippen LogP contribution in [-0.2, 0) is 0 Å². The first-order chi connectivity index (χ1) is 5.52. The van der Waals surface area contributed by atoms with Crippen molar-refractivity contribution in [3.05, 3.63) is 0 Å². The van der Waals surface area contributed by atoms with Gasteiger partial charge in [-0.15, -0.1) is 11.8 Å². The highest BCUT2D eigenvalue weighted by atomic mass is 32.2. The Hall–Kier alpha value is 0.280. The summed E-state index contributed by atoms with van der Waals surface area (Å²) in [4.78, 5) is 0. The lowest BCUT2D eigenvalue weighted by molar-refractivity contribution is 0.383. The van der Waals surface area contributed by atoms with Crippen molar-refractivity contribution in [1.82, 2.24) is 0 Å². The Morgan fingerprint density at radius 1 is 1.08 bits per heavy atom. The second kappa shape index (κ2) is 6.76. The monoisotopic (exact) mass is 192 g/mol. The molecule has 0 rings (SSSR count). The third kappa shape index (κ3) is 8.38. The Bertz CT molecular complexity index is 102. The molecule has 0 N–H and O–H groups in total. The highest BCUT2D eigenvalue weighted by molar-refractivity contribution is 7.99. The van der Waals surface area contributed by atoms with Crippen LogP contribution in [0.4, 0.5) is 4.39 Å². The van der Waals surface area contributed by atoms with Gasteiger partial charge in [0.2, 0.25) is 0 Å². The van der Waals surface area contributed by atoms with E-state index in [4.69, 9.17) is 0 Å². The number of thioether (sulfide) groups is 1. The van der Waals surface area contributed by atoms with Crippen LogP contribution >= 0.6 is 11.8 Å². The molecule has 0 bridgehead atoms. The van der Waals surface area contributed by atoms with Crippen LogP contribution in [0.3, 0.4) is 0 Å². The van der Waals surface area contributed by atoms with Crippen molar-refractivity contribution >= 4 is 11.8 Å². The molecule has 1 atom stereocenters. The van der Waals surface area contributed by atoms with Crippen LogP contribution in [0.25, 0.3) is 0 Å². The van der Waals surface area contributed by atoms with Crippen LogP contribution in [0.5, 0.6) is 0 Å². The smallest absolute Gasteiger partial charge is 0.146 e. The number of rotatable bonds is 6. The van der Waals surface area contributed by atoms with Crippen molar-refractivity contribution in [2.24, 2.45) is 11.8 Å². The summed E-state index contributed by atoms with van der Waals surface area (Å²) in [5, 5.41) is 0. The summed E-state index contributed by atoms with van der Waals surface area (Å²) in [6.45, 7) is 8.48. The number of alkyl halides is 1. The third-order valence-electron chi connectivity index (χ3n) is 1.65. The molecule has 0 aromatic carbocycles. The van der Waals surface area contributed by atoms with Crippen LogP contribution < -0.4 is 0 Å². The molecular formula is C10H21FS. The molecule has 2 heteroatoms. The van der Waals surface area contributed by atoms with Crippen molar-refractivity contribution < 1.29 is 4.39 Å². The van der Waals surface area contributed by atoms with Crippen molar-refractivity contribution in [2.45, 2.75) is 46.0 Å². The van der Waals surface area contributed by atoms with Crippen LogP contribution in [0, 0.1) is 11.8 Å². The van der Waals surface area contributed by atoms with E-state index in [1.165, 1.54) is 11.8 Å². The Morgan fingerprint density at radius 2 is 1.67 bits per heavy atom. The molecule has 0 saturated heterocycles. The summed E-state index contributed by atoms with van der Waals surface area (Å²) >= 11 is 1.47. The largest absolute Gasteiger partial charge is 0.236 e. The highest BCUT2D eigenvalue weighted by Gasteiger charge is 2.08. The fourth-order valence-corrected chi connectivity index (χ4v) is 2.25. The lowest BCUT2D eigenvalue weighted by Crippen LogP contribution is -2.02. The third-order valence-corrected chi connectivity index (χ3v) is 2.68. The first kappa shape index (κ1) is 12.3. The molecule has 0 aliphatic rings. The lowest BCUT2D eigenvalue weighted by atomic mass is 10.2.